The van der Waals surface area contributed by atoms with E-state index in [0.29, 0.717) is 17.6 Å². The molecule has 0 bridgehead atoms. The van der Waals surface area contributed by atoms with E-state index in [1.54, 1.807) is 12.1 Å². The van der Waals surface area contributed by atoms with Crippen molar-refractivity contribution in [2.24, 2.45) is 5.92 Å². The molecule has 1 aromatic rings. The lowest BCUT2D eigenvalue weighted by atomic mass is 9.87. The molecule has 0 aliphatic heterocycles. The van der Waals surface area contributed by atoms with Crippen molar-refractivity contribution in [2.45, 2.75) is 45.0 Å². The summed E-state index contributed by atoms with van der Waals surface area (Å²) in [5.41, 5.74) is 0.681. The van der Waals surface area contributed by atoms with Crippen LogP contribution < -0.4 is 10.1 Å². The predicted octanol–water partition coefficient (Wildman–Crippen LogP) is 4.58. The second kappa shape index (κ2) is 5.72. The average molecular weight is 273 g/mol. The number of anilines is 1. The summed E-state index contributed by atoms with van der Waals surface area (Å²) >= 11 is 0. The van der Waals surface area contributed by atoms with Crippen LogP contribution in [0, 0.1) is 5.92 Å². The quantitative estimate of drug-likeness (QED) is 0.870. The van der Waals surface area contributed by atoms with Crippen molar-refractivity contribution in [3.05, 3.63) is 24.3 Å². The maximum absolute atomic E-state index is 12.1. The van der Waals surface area contributed by atoms with Crippen LogP contribution in [0.2, 0.25) is 0 Å². The van der Waals surface area contributed by atoms with Crippen LogP contribution in [0.5, 0.6) is 5.75 Å². The lowest BCUT2D eigenvalue weighted by molar-refractivity contribution is -0.274. The van der Waals surface area contributed by atoms with Crippen LogP contribution in [0.4, 0.5) is 18.9 Å². The summed E-state index contributed by atoms with van der Waals surface area (Å²) in [4.78, 5) is 0. The van der Waals surface area contributed by atoms with Crippen molar-refractivity contribution in [1.29, 1.82) is 0 Å². The van der Waals surface area contributed by atoms with Gasteiger partial charge in [-0.3, -0.25) is 0 Å². The van der Waals surface area contributed by atoms with Gasteiger partial charge in [0, 0.05) is 17.8 Å². The minimum Gasteiger partial charge on any atom is -0.406 e. The predicted molar refractivity (Wildman–Crippen MR) is 68.2 cm³/mol. The topological polar surface area (TPSA) is 21.3 Å². The molecule has 1 fully saturated rings. The molecule has 19 heavy (non-hydrogen) atoms. The summed E-state index contributed by atoms with van der Waals surface area (Å²) in [6, 6.07) is 6.37. The summed E-state index contributed by atoms with van der Waals surface area (Å²) in [6.45, 7) is 2.21. The zero-order chi connectivity index (χ0) is 13.9. The highest BCUT2D eigenvalue weighted by molar-refractivity contribution is 5.49. The number of halogens is 3. The van der Waals surface area contributed by atoms with E-state index in [9.17, 15) is 13.2 Å². The fourth-order valence-electron chi connectivity index (χ4n) is 2.58. The van der Waals surface area contributed by atoms with Gasteiger partial charge in [-0.1, -0.05) is 25.8 Å². The lowest BCUT2D eigenvalue weighted by Gasteiger charge is -2.28. The largest absolute Gasteiger partial charge is 0.573 e. The number of ether oxygens (including phenoxy) is 1. The number of rotatable bonds is 3. The molecule has 2 atom stereocenters. The Morgan fingerprint density at radius 3 is 2.74 bits per heavy atom. The first-order valence-electron chi connectivity index (χ1n) is 6.55. The molecule has 0 radical (unpaired) electrons. The minimum atomic E-state index is -4.64. The second-order valence-corrected chi connectivity index (χ2v) is 5.19. The van der Waals surface area contributed by atoms with E-state index in [-0.39, 0.29) is 5.75 Å². The molecule has 0 saturated heterocycles. The van der Waals surface area contributed by atoms with E-state index in [1.165, 1.54) is 18.6 Å². The minimum absolute atomic E-state index is 0.179. The van der Waals surface area contributed by atoms with Crippen molar-refractivity contribution < 1.29 is 17.9 Å². The Morgan fingerprint density at radius 1 is 1.26 bits per heavy atom. The van der Waals surface area contributed by atoms with E-state index < -0.39 is 6.36 Å². The maximum atomic E-state index is 12.1. The van der Waals surface area contributed by atoms with Crippen molar-refractivity contribution in [3.8, 4) is 5.75 Å². The summed E-state index contributed by atoms with van der Waals surface area (Å²) in [5.74, 6) is 0.488. The summed E-state index contributed by atoms with van der Waals surface area (Å²) in [5, 5.41) is 3.29. The van der Waals surface area contributed by atoms with Gasteiger partial charge < -0.3 is 10.1 Å². The SMILES string of the molecule is CC1CCCC(Nc2cccc(OC(F)(F)F)c2)C1. The van der Waals surface area contributed by atoms with Crippen molar-refractivity contribution in [3.63, 3.8) is 0 Å². The van der Waals surface area contributed by atoms with E-state index in [0.717, 1.165) is 19.3 Å². The Labute approximate surface area is 111 Å². The summed E-state index contributed by atoms with van der Waals surface area (Å²) < 4.78 is 40.3. The molecule has 2 unspecified atom stereocenters. The maximum Gasteiger partial charge on any atom is 0.573 e. The summed E-state index contributed by atoms with van der Waals surface area (Å²) in [7, 11) is 0. The van der Waals surface area contributed by atoms with Gasteiger partial charge >= 0.3 is 6.36 Å². The fourth-order valence-corrected chi connectivity index (χ4v) is 2.58. The molecule has 0 amide bonds. The Kier molecular flexibility index (Phi) is 4.22. The third-order valence-corrected chi connectivity index (χ3v) is 3.37. The van der Waals surface area contributed by atoms with Crippen LogP contribution in [0.25, 0.3) is 0 Å². The number of benzene rings is 1. The molecule has 0 spiro atoms. The van der Waals surface area contributed by atoms with Crippen LogP contribution in [0.15, 0.2) is 24.3 Å². The van der Waals surface area contributed by atoms with Crippen LogP contribution in [0.1, 0.15) is 32.6 Å². The summed E-state index contributed by atoms with van der Waals surface area (Å²) in [6.07, 6.45) is -0.121. The molecule has 0 aromatic heterocycles. The normalized spacial score (nSPS) is 24.0. The molecule has 1 saturated carbocycles. The standard InChI is InChI=1S/C14H18F3NO/c1-10-4-2-5-11(8-10)18-12-6-3-7-13(9-12)19-14(15,16)17/h3,6-7,9-11,18H,2,4-5,8H2,1H3. The molecule has 1 aliphatic rings. The van der Waals surface area contributed by atoms with E-state index in [2.05, 4.69) is 17.0 Å². The Morgan fingerprint density at radius 2 is 2.05 bits per heavy atom. The molecule has 5 heteroatoms. The van der Waals surface area contributed by atoms with Crippen molar-refractivity contribution >= 4 is 5.69 Å². The van der Waals surface area contributed by atoms with Gasteiger partial charge in [0.1, 0.15) is 5.75 Å². The molecule has 1 aliphatic carbocycles. The number of hydrogen-bond donors (Lipinski definition) is 1. The fraction of sp³-hybridized carbons (Fsp3) is 0.571. The van der Waals surface area contributed by atoms with E-state index in [4.69, 9.17) is 0 Å². The first kappa shape index (κ1) is 14.0. The highest BCUT2D eigenvalue weighted by atomic mass is 19.4. The first-order valence-corrected chi connectivity index (χ1v) is 6.55. The Hall–Kier alpha value is -1.39. The average Bonchev–Trinajstić information content (AvgIpc) is 2.27. The lowest BCUT2D eigenvalue weighted by Crippen LogP contribution is -2.26. The molecule has 1 N–H and O–H groups in total. The van der Waals surface area contributed by atoms with Gasteiger partial charge in [-0.15, -0.1) is 13.2 Å². The van der Waals surface area contributed by atoms with Crippen molar-refractivity contribution in [2.75, 3.05) is 5.32 Å². The van der Waals surface area contributed by atoms with Gasteiger partial charge in [0.15, 0.2) is 0 Å². The number of hydrogen-bond acceptors (Lipinski definition) is 2. The van der Waals surface area contributed by atoms with Gasteiger partial charge in [-0.05, 0) is 30.9 Å². The highest BCUT2D eigenvalue weighted by Gasteiger charge is 2.31. The van der Waals surface area contributed by atoms with Crippen LogP contribution in [0.3, 0.4) is 0 Å². The number of alkyl halides is 3. The van der Waals surface area contributed by atoms with Gasteiger partial charge in [0.05, 0.1) is 0 Å². The molecule has 1 aromatic carbocycles. The highest BCUT2D eigenvalue weighted by Crippen LogP contribution is 2.29. The monoisotopic (exact) mass is 273 g/mol. The molecule has 2 nitrogen and oxygen atoms in total. The third-order valence-electron chi connectivity index (χ3n) is 3.37. The van der Waals surface area contributed by atoms with E-state index in [1.807, 2.05) is 0 Å². The smallest absolute Gasteiger partial charge is 0.406 e. The van der Waals surface area contributed by atoms with Gasteiger partial charge in [-0.2, -0.15) is 0 Å². The van der Waals surface area contributed by atoms with Crippen LogP contribution in [-0.2, 0) is 0 Å². The molecule has 2 rings (SSSR count). The van der Waals surface area contributed by atoms with Crippen LogP contribution in [-0.4, -0.2) is 12.4 Å². The third kappa shape index (κ3) is 4.65. The second-order valence-electron chi connectivity index (χ2n) is 5.19. The molecular weight excluding hydrogens is 255 g/mol. The molecular formula is C14H18F3NO. The Bertz CT molecular complexity index is 419. The first-order chi connectivity index (χ1) is 8.92. The Balaban J connectivity index is 1.98. The van der Waals surface area contributed by atoms with Crippen molar-refractivity contribution in [1.82, 2.24) is 0 Å². The number of nitrogens with one attached hydrogen (secondary N) is 1. The van der Waals surface area contributed by atoms with Crippen LogP contribution >= 0.6 is 0 Å². The van der Waals surface area contributed by atoms with Gasteiger partial charge in [0.25, 0.3) is 0 Å². The van der Waals surface area contributed by atoms with Gasteiger partial charge in [0.2, 0.25) is 0 Å². The molecule has 106 valence electrons. The zero-order valence-electron chi connectivity index (χ0n) is 10.8. The molecule has 0 heterocycles. The van der Waals surface area contributed by atoms with E-state index >= 15 is 0 Å². The zero-order valence-corrected chi connectivity index (χ0v) is 10.8. The van der Waals surface area contributed by atoms with Gasteiger partial charge in [-0.25, -0.2) is 0 Å².